The molecule has 0 unspecified atom stereocenters. The van der Waals surface area contributed by atoms with Crippen LogP contribution >= 0.6 is 11.6 Å². The van der Waals surface area contributed by atoms with Crippen molar-refractivity contribution >= 4 is 34.3 Å². The van der Waals surface area contributed by atoms with E-state index in [0.717, 1.165) is 0 Å². The highest BCUT2D eigenvalue weighted by Crippen LogP contribution is 2.18. The fourth-order valence-electron chi connectivity index (χ4n) is 2.17. The molecular formula is C14H13ClN4O3. The molecule has 22 heavy (non-hydrogen) atoms. The molecule has 0 bridgehead atoms. The number of nitrogens with one attached hydrogen (secondary N) is 1. The molecule has 7 nitrogen and oxygen atoms in total. The number of oxazole rings is 1. The van der Waals surface area contributed by atoms with Crippen molar-refractivity contribution in [1.29, 1.82) is 0 Å². The molecule has 8 heteroatoms. The SMILES string of the molecule is Cn1cc(NC(=O)CCn2c(=O)oc3cc(Cl)ccc32)cn1. The summed E-state index contributed by atoms with van der Waals surface area (Å²) in [5.74, 6) is -0.713. The number of carbonyl (C=O) groups is 1. The number of fused-ring (bicyclic) bond motifs is 1. The van der Waals surface area contributed by atoms with Crippen LogP contribution in [-0.2, 0) is 18.4 Å². The van der Waals surface area contributed by atoms with Crippen LogP contribution in [0.5, 0.6) is 0 Å². The molecule has 114 valence electrons. The number of hydrogen-bond acceptors (Lipinski definition) is 4. The number of aromatic nitrogens is 3. The third kappa shape index (κ3) is 2.89. The zero-order valence-corrected chi connectivity index (χ0v) is 12.5. The minimum absolute atomic E-state index is 0.145. The van der Waals surface area contributed by atoms with Gasteiger partial charge in [-0.2, -0.15) is 5.10 Å². The molecule has 2 heterocycles. The van der Waals surface area contributed by atoms with Gasteiger partial charge in [-0.25, -0.2) is 4.79 Å². The average molecular weight is 321 g/mol. The molecule has 1 N–H and O–H groups in total. The molecule has 2 aromatic heterocycles. The molecule has 0 saturated heterocycles. The van der Waals surface area contributed by atoms with Crippen molar-refractivity contribution in [2.45, 2.75) is 13.0 Å². The van der Waals surface area contributed by atoms with Gasteiger partial charge in [0.05, 0.1) is 17.4 Å². The van der Waals surface area contributed by atoms with Crippen LogP contribution in [0.2, 0.25) is 5.02 Å². The Bertz CT molecular complexity index is 893. The second-order valence-corrected chi connectivity index (χ2v) is 5.27. The minimum Gasteiger partial charge on any atom is -0.408 e. The molecule has 1 aromatic carbocycles. The van der Waals surface area contributed by atoms with Gasteiger partial charge in [-0.1, -0.05) is 11.6 Å². The summed E-state index contributed by atoms with van der Waals surface area (Å²) in [6.45, 7) is 0.222. The summed E-state index contributed by atoms with van der Waals surface area (Å²) in [6, 6.07) is 4.94. The van der Waals surface area contributed by atoms with Crippen LogP contribution in [0.1, 0.15) is 6.42 Å². The first-order valence-corrected chi connectivity index (χ1v) is 6.98. The Labute approximate surface area is 130 Å². The van der Waals surface area contributed by atoms with Crippen molar-refractivity contribution in [1.82, 2.24) is 14.3 Å². The van der Waals surface area contributed by atoms with Crippen molar-refractivity contribution in [2.24, 2.45) is 7.05 Å². The van der Waals surface area contributed by atoms with Crippen LogP contribution < -0.4 is 11.1 Å². The molecule has 0 radical (unpaired) electrons. The van der Waals surface area contributed by atoms with Gasteiger partial charge in [0.1, 0.15) is 0 Å². The summed E-state index contributed by atoms with van der Waals surface area (Å²) in [5.41, 5.74) is 1.64. The maximum absolute atomic E-state index is 11.9. The highest BCUT2D eigenvalue weighted by Gasteiger charge is 2.11. The average Bonchev–Trinajstić information content (AvgIpc) is 2.99. The van der Waals surface area contributed by atoms with E-state index >= 15 is 0 Å². The van der Waals surface area contributed by atoms with Crippen LogP contribution in [0.4, 0.5) is 5.69 Å². The van der Waals surface area contributed by atoms with Gasteiger partial charge in [0.2, 0.25) is 5.91 Å². The lowest BCUT2D eigenvalue weighted by molar-refractivity contribution is -0.116. The largest absolute Gasteiger partial charge is 0.419 e. The number of aryl methyl sites for hydroxylation is 2. The van der Waals surface area contributed by atoms with Crippen molar-refractivity contribution in [3.63, 3.8) is 0 Å². The first-order chi connectivity index (χ1) is 10.5. The molecule has 0 atom stereocenters. The van der Waals surface area contributed by atoms with E-state index < -0.39 is 5.76 Å². The molecular weight excluding hydrogens is 308 g/mol. The summed E-state index contributed by atoms with van der Waals surface area (Å²) in [7, 11) is 1.76. The third-order valence-corrected chi connectivity index (χ3v) is 3.42. The van der Waals surface area contributed by atoms with E-state index in [4.69, 9.17) is 16.0 Å². The minimum atomic E-state index is -0.508. The second kappa shape index (κ2) is 5.69. The normalized spacial score (nSPS) is 11.0. The number of halogens is 1. The van der Waals surface area contributed by atoms with E-state index in [1.165, 1.54) is 4.57 Å². The van der Waals surface area contributed by atoms with E-state index in [-0.39, 0.29) is 18.9 Å². The summed E-state index contributed by atoms with van der Waals surface area (Å²) < 4.78 is 8.11. The van der Waals surface area contributed by atoms with E-state index in [9.17, 15) is 9.59 Å². The molecule has 0 aliphatic carbocycles. The van der Waals surface area contributed by atoms with E-state index in [1.807, 2.05) is 0 Å². The zero-order valence-electron chi connectivity index (χ0n) is 11.7. The Morgan fingerprint density at radius 2 is 2.27 bits per heavy atom. The molecule has 3 rings (SSSR count). The van der Waals surface area contributed by atoms with E-state index in [1.54, 1.807) is 42.3 Å². The highest BCUT2D eigenvalue weighted by atomic mass is 35.5. The van der Waals surface area contributed by atoms with Crippen LogP contribution in [0.15, 0.2) is 39.8 Å². The Balaban J connectivity index is 1.72. The van der Waals surface area contributed by atoms with Gasteiger partial charge in [0.15, 0.2) is 5.58 Å². The van der Waals surface area contributed by atoms with Gasteiger partial charge in [-0.05, 0) is 12.1 Å². The maximum atomic E-state index is 11.9. The number of hydrogen-bond donors (Lipinski definition) is 1. The Kier molecular flexibility index (Phi) is 3.72. The summed E-state index contributed by atoms with van der Waals surface area (Å²) in [5, 5.41) is 7.16. The van der Waals surface area contributed by atoms with Crippen LogP contribution in [0.3, 0.4) is 0 Å². The summed E-state index contributed by atoms with van der Waals surface area (Å²) in [4.78, 5) is 23.7. The lowest BCUT2D eigenvalue weighted by Gasteiger charge is -2.03. The lowest BCUT2D eigenvalue weighted by Crippen LogP contribution is -2.19. The molecule has 0 aliphatic heterocycles. The van der Waals surface area contributed by atoms with Gasteiger partial charge in [-0.3, -0.25) is 14.0 Å². The van der Waals surface area contributed by atoms with Gasteiger partial charge >= 0.3 is 5.76 Å². The number of rotatable bonds is 4. The van der Waals surface area contributed by atoms with E-state index in [2.05, 4.69) is 10.4 Å². The quantitative estimate of drug-likeness (QED) is 0.797. The molecule has 0 spiro atoms. The number of amides is 1. The predicted octanol–water partition coefficient (Wildman–Crippen LogP) is 2.01. The van der Waals surface area contributed by atoms with Crippen molar-refractivity contribution in [3.8, 4) is 0 Å². The monoisotopic (exact) mass is 320 g/mol. The number of carbonyl (C=O) groups excluding carboxylic acids is 1. The highest BCUT2D eigenvalue weighted by molar-refractivity contribution is 6.31. The molecule has 3 aromatic rings. The van der Waals surface area contributed by atoms with Gasteiger partial charge in [-0.15, -0.1) is 0 Å². The first kappa shape index (κ1) is 14.4. The van der Waals surface area contributed by atoms with E-state index in [0.29, 0.717) is 21.8 Å². The maximum Gasteiger partial charge on any atom is 0.419 e. The smallest absolute Gasteiger partial charge is 0.408 e. The third-order valence-electron chi connectivity index (χ3n) is 3.18. The first-order valence-electron chi connectivity index (χ1n) is 6.60. The molecule has 0 fully saturated rings. The van der Waals surface area contributed by atoms with Crippen LogP contribution in [-0.4, -0.2) is 20.3 Å². The Hall–Kier alpha value is -2.54. The number of anilines is 1. The van der Waals surface area contributed by atoms with Gasteiger partial charge in [0.25, 0.3) is 0 Å². The second-order valence-electron chi connectivity index (χ2n) is 4.83. The molecule has 0 aliphatic rings. The Morgan fingerprint density at radius 1 is 1.45 bits per heavy atom. The molecule has 0 saturated carbocycles. The predicted molar refractivity (Wildman–Crippen MR) is 81.9 cm³/mol. The number of nitrogens with zero attached hydrogens (tertiary/aromatic N) is 3. The van der Waals surface area contributed by atoms with Crippen LogP contribution in [0, 0.1) is 0 Å². The van der Waals surface area contributed by atoms with Gasteiger partial charge < -0.3 is 9.73 Å². The van der Waals surface area contributed by atoms with Gasteiger partial charge in [0, 0.05) is 37.3 Å². The van der Waals surface area contributed by atoms with Crippen molar-refractivity contribution in [3.05, 3.63) is 46.2 Å². The summed E-state index contributed by atoms with van der Waals surface area (Å²) in [6.07, 6.45) is 3.39. The molecule has 1 amide bonds. The Morgan fingerprint density at radius 3 is 3.00 bits per heavy atom. The van der Waals surface area contributed by atoms with Crippen molar-refractivity contribution < 1.29 is 9.21 Å². The van der Waals surface area contributed by atoms with Crippen LogP contribution in [0.25, 0.3) is 11.1 Å². The number of benzene rings is 1. The lowest BCUT2D eigenvalue weighted by atomic mass is 10.3. The zero-order chi connectivity index (χ0) is 15.7. The van der Waals surface area contributed by atoms with Crippen molar-refractivity contribution in [2.75, 3.05) is 5.32 Å². The summed E-state index contributed by atoms with van der Waals surface area (Å²) >= 11 is 5.86. The fraction of sp³-hybridized carbons (Fsp3) is 0.214. The standard InChI is InChI=1S/C14H13ClN4O3/c1-18-8-10(7-16-18)17-13(20)4-5-19-11-3-2-9(15)6-12(11)22-14(19)21/h2-3,6-8H,4-5H2,1H3,(H,17,20). The topological polar surface area (TPSA) is 82.1 Å². The fourth-order valence-corrected chi connectivity index (χ4v) is 2.34.